The Bertz CT molecular complexity index is 688. The fraction of sp³-hybridized carbons (Fsp3) is 0.550. The maximum Gasteiger partial charge on any atom is 0.253 e. The van der Waals surface area contributed by atoms with E-state index in [4.69, 9.17) is 4.74 Å². The molecule has 2 aliphatic rings. The Labute approximate surface area is 159 Å². The Morgan fingerprint density at radius 2 is 1.41 bits per heavy atom. The first kappa shape index (κ1) is 19.2. The minimum atomic E-state index is -0.0335. The molecule has 3 amide bonds. The molecule has 0 atom stereocenters. The van der Waals surface area contributed by atoms with Crippen LogP contribution < -0.4 is 4.74 Å². The summed E-state index contributed by atoms with van der Waals surface area (Å²) in [5, 5.41) is 0. The molecule has 2 aliphatic heterocycles. The van der Waals surface area contributed by atoms with Crippen LogP contribution in [0.15, 0.2) is 24.3 Å². The quantitative estimate of drug-likeness (QED) is 0.799. The summed E-state index contributed by atoms with van der Waals surface area (Å²) in [7, 11) is 1.60. The number of rotatable bonds is 3. The maximum absolute atomic E-state index is 12.8. The number of carbonyl (C=O) groups excluding carboxylic acids is 3. The number of methoxy groups -OCH3 is 1. The van der Waals surface area contributed by atoms with Gasteiger partial charge in [-0.2, -0.15) is 0 Å². The van der Waals surface area contributed by atoms with E-state index in [1.54, 1.807) is 43.2 Å². The van der Waals surface area contributed by atoms with Gasteiger partial charge in [-0.3, -0.25) is 14.4 Å². The number of hydrogen-bond donors (Lipinski definition) is 0. The molecule has 0 saturated carbocycles. The van der Waals surface area contributed by atoms with E-state index in [1.165, 1.54) is 0 Å². The molecule has 0 spiro atoms. The first-order chi connectivity index (χ1) is 13.0. The van der Waals surface area contributed by atoms with Crippen molar-refractivity contribution in [2.75, 3.05) is 46.4 Å². The first-order valence-electron chi connectivity index (χ1n) is 9.47. The number of piperazine rings is 1. The molecule has 0 radical (unpaired) electrons. The molecule has 0 aliphatic carbocycles. The highest BCUT2D eigenvalue weighted by Crippen LogP contribution is 2.22. The van der Waals surface area contributed by atoms with E-state index in [-0.39, 0.29) is 23.6 Å². The van der Waals surface area contributed by atoms with Gasteiger partial charge in [0.05, 0.1) is 7.11 Å². The summed E-state index contributed by atoms with van der Waals surface area (Å²) in [6.45, 7) is 5.16. The number of ether oxygens (including phenoxy) is 1. The molecule has 0 unspecified atom stereocenters. The Hall–Kier alpha value is -2.57. The summed E-state index contributed by atoms with van der Waals surface area (Å²) < 4.78 is 5.12. The fourth-order valence-corrected chi connectivity index (χ4v) is 3.75. The Kier molecular flexibility index (Phi) is 5.98. The van der Waals surface area contributed by atoms with Gasteiger partial charge in [0.25, 0.3) is 5.91 Å². The van der Waals surface area contributed by atoms with Crippen LogP contribution in [0.5, 0.6) is 5.75 Å². The van der Waals surface area contributed by atoms with Crippen LogP contribution >= 0.6 is 0 Å². The lowest BCUT2D eigenvalue weighted by atomic mass is 9.94. The van der Waals surface area contributed by atoms with Crippen molar-refractivity contribution in [1.29, 1.82) is 0 Å². The third-order valence-electron chi connectivity index (χ3n) is 5.51. The smallest absolute Gasteiger partial charge is 0.253 e. The highest BCUT2D eigenvalue weighted by Gasteiger charge is 2.32. The molecule has 0 N–H and O–H groups in total. The lowest BCUT2D eigenvalue weighted by Gasteiger charge is -2.38. The van der Waals surface area contributed by atoms with Crippen LogP contribution in [0, 0.1) is 5.92 Å². The standard InChI is InChI=1S/C20H27N3O4/c1-15(24)21-11-13-23(14-12-21)20(26)17-7-9-22(10-8-17)19(25)16-3-5-18(27-2)6-4-16/h3-6,17H,7-14H2,1-2H3. The van der Waals surface area contributed by atoms with E-state index >= 15 is 0 Å². The van der Waals surface area contributed by atoms with Crippen LogP contribution in [-0.4, -0.2) is 78.8 Å². The number of hydrogen-bond acceptors (Lipinski definition) is 4. The summed E-state index contributed by atoms with van der Waals surface area (Å²) in [6.07, 6.45) is 1.38. The molecule has 7 nitrogen and oxygen atoms in total. The second kappa shape index (κ2) is 8.41. The summed E-state index contributed by atoms with van der Waals surface area (Å²) in [4.78, 5) is 42.3. The maximum atomic E-state index is 12.8. The van der Waals surface area contributed by atoms with Crippen molar-refractivity contribution in [3.63, 3.8) is 0 Å². The Morgan fingerprint density at radius 1 is 0.852 bits per heavy atom. The topological polar surface area (TPSA) is 70.2 Å². The summed E-state index contributed by atoms with van der Waals surface area (Å²) >= 11 is 0. The second-order valence-electron chi connectivity index (χ2n) is 7.13. The molecule has 1 aromatic carbocycles. The zero-order valence-electron chi connectivity index (χ0n) is 16.0. The minimum absolute atomic E-state index is 0.00127. The number of likely N-dealkylation sites (tertiary alicyclic amines) is 1. The zero-order chi connectivity index (χ0) is 19.4. The average Bonchev–Trinajstić information content (AvgIpc) is 2.73. The lowest BCUT2D eigenvalue weighted by Crippen LogP contribution is -2.52. The van der Waals surface area contributed by atoms with E-state index < -0.39 is 0 Å². The van der Waals surface area contributed by atoms with Gasteiger partial charge >= 0.3 is 0 Å². The van der Waals surface area contributed by atoms with Crippen LogP contribution in [0.1, 0.15) is 30.1 Å². The van der Waals surface area contributed by atoms with Gasteiger partial charge in [-0.05, 0) is 37.1 Å². The van der Waals surface area contributed by atoms with Gasteiger partial charge in [0.15, 0.2) is 0 Å². The third kappa shape index (κ3) is 4.40. The predicted octanol–water partition coefficient (Wildman–Crippen LogP) is 1.24. The first-order valence-corrected chi connectivity index (χ1v) is 9.47. The number of carbonyl (C=O) groups is 3. The van der Waals surface area contributed by atoms with Crippen LogP contribution in [-0.2, 0) is 9.59 Å². The van der Waals surface area contributed by atoms with Gasteiger partial charge in [-0.15, -0.1) is 0 Å². The van der Waals surface area contributed by atoms with E-state index in [9.17, 15) is 14.4 Å². The molecule has 7 heteroatoms. The monoisotopic (exact) mass is 373 g/mol. The summed E-state index contributed by atoms with van der Waals surface area (Å²) in [5.74, 6) is 0.912. The highest BCUT2D eigenvalue weighted by molar-refractivity contribution is 5.94. The minimum Gasteiger partial charge on any atom is -0.497 e. The van der Waals surface area contributed by atoms with Crippen molar-refractivity contribution in [3.8, 4) is 5.75 Å². The third-order valence-corrected chi connectivity index (χ3v) is 5.51. The van der Waals surface area contributed by atoms with E-state index in [0.717, 1.165) is 5.75 Å². The molecular formula is C20H27N3O4. The van der Waals surface area contributed by atoms with Gasteiger partial charge in [0.1, 0.15) is 5.75 Å². The largest absolute Gasteiger partial charge is 0.497 e. The van der Waals surface area contributed by atoms with Gasteiger partial charge in [-0.25, -0.2) is 0 Å². The molecule has 2 saturated heterocycles. The normalized spacial score (nSPS) is 18.4. The van der Waals surface area contributed by atoms with Gasteiger partial charge in [0.2, 0.25) is 11.8 Å². The summed E-state index contributed by atoms with van der Waals surface area (Å²) in [6, 6.07) is 7.11. The molecule has 0 bridgehead atoms. The predicted molar refractivity (Wildman–Crippen MR) is 100 cm³/mol. The van der Waals surface area contributed by atoms with E-state index in [1.807, 2.05) is 9.80 Å². The molecule has 0 aromatic heterocycles. The fourth-order valence-electron chi connectivity index (χ4n) is 3.75. The van der Waals surface area contributed by atoms with Crippen LogP contribution in [0.2, 0.25) is 0 Å². The van der Waals surface area contributed by atoms with Crippen molar-refractivity contribution in [3.05, 3.63) is 29.8 Å². The van der Waals surface area contributed by atoms with Crippen LogP contribution in [0.3, 0.4) is 0 Å². The number of amides is 3. The van der Waals surface area contributed by atoms with Gasteiger partial charge in [0, 0.05) is 57.7 Å². The van der Waals surface area contributed by atoms with Crippen molar-refractivity contribution >= 4 is 17.7 Å². The van der Waals surface area contributed by atoms with E-state index in [0.29, 0.717) is 57.7 Å². The van der Waals surface area contributed by atoms with Gasteiger partial charge in [-0.1, -0.05) is 0 Å². The molecule has 2 heterocycles. The molecule has 146 valence electrons. The van der Waals surface area contributed by atoms with Crippen molar-refractivity contribution < 1.29 is 19.1 Å². The van der Waals surface area contributed by atoms with Crippen molar-refractivity contribution in [2.45, 2.75) is 19.8 Å². The molecular weight excluding hydrogens is 346 g/mol. The van der Waals surface area contributed by atoms with Crippen molar-refractivity contribution in [1.82, 2.24) is 14.7 Å². The second-order valence-corrected chi connectivity index (χ2v) is 7.13. The molecule has 2 fully saturated rings. The number of piperidine rings is 1. The highest BCUT2D eigenvalue weighted by atomic mass is 16.5. The molecule has 1 aromatic rings. The zero-order valence-corrected chi connectivity index (χ0v) is 16.0. The van der Waals surface area contributed by atoms with Crippen LogP contribution in [0.4, 0.5) is 0 Å². The van der Waals surface area contributed by atoms with Crippen LogP contribution in [0.25, 0.3) is 0 Å². The molecule has 3 rings (SSSR count). The lowest BCUT2D eigenvalue weighted by molar-refractivity contribution is -0.142. The van der Waals surface area contributed by atoms with E-state index in [2.05, 4.69) is 0 Å². The molecule has 27 heavy (non-hydrogen) atoms. The van der Waals surface area contributed by atoms with Crippen molar-refractivity contribution in [2.24, 2.45) is 5.92 Å². The van der Waals surface area contributed by atoms with Gasteiger partial charge < -0.3 is 19.4 Å². The summed E-state index contributed by atoms with van der Waals surface area (Å²) in [5.41, 5.74) is 0.640. The number of benzene rings is 1. The number of nitrogens with zero attached hydrogens (tertiary/aromatic N) is 3. The SMILES string of the molecule is COc1ccc(C(=O)N2CCC(C(=O)N3CCN(C(C)=O)CC3)CC2)cc1. The Morgan fingerprint density at radius 3 is 1.93 bits per heavy atom. The Balaban J connectivity index is 1.50. The average molecular weight is 373 g/mol.